The molecule has 1 saturated heterocycles. The number of halogens is 3. The Bertz CT molecular complexity index is 799. The second-order valence-electron chi connectivity index (χ2n) is 7.41. The van der Waals surface area contributed by atoms with E-state index in [0.29, 0.717) is 24.3 Å². The molecule has 0 saturated carbocycles. The van der Waals surface area contributed by atoms with E-state index in [1.54, 1.807) is 12.1 Å². The van der Waals surface area contributed by atoms with Crippen LogP contribution in [0.15, 0.2) is 30.3 Å². The van der Waals surface area contributed by atoms with Gasteiger partial charge >= 0.3 is 0 Å². The Kier molecular flexibility index (Phi) is 7.13. The maximum Gasteiger partial charge on any atom is 0.166 e. The summed E-state index contributed by atoms with van der Waals surface area (Å²) in [6.45, 7) is 4.72. The average molecular weight is 392 g/mol. The van der Waals surface area contributed by atoms with E-state index in [1.165, 1.54) is 25.1 Å². The molecule has 0 spiro atoms. The number of ether oxygens (including phenoxy) is 2. The average Bonchev–Trinajstić information content (AvgIpc) is 2.70. The van der Waals surface area contributed by atoms with E-state index >= 15 is 0 Å². The Morgan fingerprint density at radius 1 is 1.04 bits per heavy atom. The largest absolute Gasteiger partial charge is 0.353 e. The summed E-state index contributed by atoms with van der Waals surface area (Å²) in [5, 5.41) is 0. The predicted octanol–water partition coefficient (Wildman–Crippen LogP) is 6.51. The van der Waals surface area contributed by atoms with Crippen molar-refractivity contribution in [3.8, 4) is 11.1 Å². The molecule has 2 atom stereocenters. The van der Waals surface area contributed by atoms with E-state index in [2.05, 4.69) is 6.92 Å². The van der Waals surface area contributed by atoms with Gasteiger partial charge in [-0.2, -0.15) is 0 Å². The molecule has 2 aromatic carbocycles. The molecule has 1 heterocycles. The molecule has 2 nitrogen and oxygen atoms in total. The van der Waals surface area contributed by atoms with Crippen molar-refractivity contribution in [3.63, 3.8) is 0 Å². The molecule has 5 heteroatoms. The van der Waals surface area contributed by atoms with E-state index in [9.17, 15) is 13.2 Å². The van der Waals surface area contributed by atoms with Gasteiger partial charge in [0.25, 0.3) is 0 Å². The fraction of sp³-hybridized carbons (Fsp3) is 0.478. The number of hydrogen-bond donors (Lipinski definition) is 0. The molecular weight excluding hydrogens is 365 g/mol. The van der Waals surface area contributed by atoms with Crippen LogP contribution in [0.1, 0.15) is 56.1 Å². The van der Waals surface area contributed by atoms with Crippen LogP contribution in [0.4, 0.5) is 13.2 Å². The lowest BCUT2D eigenvalue weighted by Gasteiger charge is -2.29. The maximum atomic E-state index is 14.7. The Balaban J connectivity index is 1.65. The van der Waals surface area contributed by atoms with Gasteiger partial charge in [-0.1, -0.05) is 44.0 Å². The van der Waals surface area contributed by atoms with Gasteiger partial charge in [-0.15, -0.1) is 0 Å². The van der Waals surface area contributed by atoms with Crippen LogP contribution < -0.4 is 0 Å². The van der Waals surface area contributed by atoms with E-state index in [0.717, 1.165) is 32.1 Å². The Morgan fingerprint density at radius 3 is 2.54 bits per heavy atom. The summed E-state index contributed by atoms with van der Waals surface area (Å²) >= 11 is 0. The fourth-order valence-electron chi connectivity index (χ4n) is 3.57. The van der Waals surface area contributed by atoms with Gasteiger partial charge in [0.15, 0.2) is 17.9 Å². The first-order valence-corrected chi connectivity index (χ1v) is 9.98. The molecule has 0 amide bonds. The predicted molar refractivity (Wildman–Crippen MR) is 104 cm³/mol. The van der Waals surface area contributed by atoms with Crippen molar-refractivity contribution in [1.82, 2.24) is 0 Å². The summed E-state index contributed by atoms with van der Waals surface area (Å²) in [6, 6.07) is 7.54. The summed E-state index contributed by atoms with van der Waals surface area (Å²) in [5.41, 5.74) is 1.16. The quantitative estimate of drug-likeness (QED) is 0.500. The van der Waals surface area contributed by atoms with Crippen LogP contribution in [0.25, 0.3) is 11.1 Å². The third-order valence-corrected chi connectivity index (χ3v) is 5.31. The molecule has 152 valence electrons. The molecule has 28 heavy (non-hydrogen) atoms. The first-order chi connectivity index (χ1) is 13.5. The summed E-state index contributed by atoms with van der Waals surface area (Å²) in [6.07, 6.45) is 4.56. The van der Waals surface area contributed by atoms with Crippen LogP contribution in [-0.4, -0.2) is 19.5 Å². The van der Waals surface area contributed by atoms with Crippen molar-refractivity contribution >= 4 is 0 Å². The SMILES string of the molecule is CCCCCOC1CCC(c2ccc(-c3ccc(C)c(F)c3F)cc2F)CO1. The minimum absolute atomic E-state index is 0.0639. The van der Waals surface area contributed by atoms with E-state index in [1.807, 2.05) is 0 Å². The van der Waals surface area contributed by atoms with Crippen LogP contribution >= 0.6 is 0 Å². The normalized spacial score (nSPS) is 19.8. The number of aryl methyl sites for hydroxylation is 1. The van der Waals surface area contributed by atoms with Gasteiger partial charge in [0.2, 0.25) is 0 Å². The Morgan fingerprint density at radius 2 is 1.86 bits per heavy atom. The van der Waals surface area contributed by atoms with Gasteiger partial charge < -0.3 is 9.47 Å². The lowest BCUT2D eigenvalue weighted by molar-refractivity contribution is -0.167. The first-order valence-electron chi connectivity index (χ1n) is 9.98. The standard InChI is InChI=1S/C23H27F3O2/c1-3-4-5-12-27-21-11-8-17(14-28-21)18-10-7-16(13-20(18)24)19-9-6-15(2)22(25)23(19)26/h6-7,9-10,13,17,21H,3-5,8,11-12,14H2,1-2H3. The summed E-state index contributed by atoms with van der Waals surface area (Å²) in [4.78, 5) is 0. The fourth-order valence-corrected chi connectivity index (χ4v) is 3.57. The van der Waals surface area contributed by atoms with Gasteiger partial charge in [0.05, 0.1) is 6.61 Å². The maximum absolute atomic E-state index is 14.7. The minimum Gasteiger partial charge on any atom is -0.353 e. The highest BCUT2D eigenvalue weighted by Gasteiger charge is 2.25. The van der Waals surface area contributed by atoms with Crippen molar-refractivity contribution in [2.75, 3.05) is 13.2 Å². The van der Waals surface area contributed by atoms with Gasteiger partial charge in [-0.25, -0.2) is 13.2 Å². The molecule has 0 bridgehead atoms. The smallest absolute Gasteiger partial charge is 0.166 e. The van der Waals surface area contributed by atoms with E-state index in [4.69, 9.17) is 9.47 Å². The lowest BCUT2D eigenvalue weighted by Crippen LogP contribution is -2.27. The van der Waals surface area contributed by atoms with Crippen molar-refractivity contribution in [2.45, 2.75) is 58.2 Å². The van der Waals surface area contributed by atoms with Crippen LogP contribution in [-0.2, 0) is 9.47 Å². The highest BCUT2D eigenvalue weighted by atomic mass is 19.2. The van der Waals surface area contributed by atoms with E-state index in [-0.39, 0.29) is 23.3 Å². The monoisotopic (exact) mass is 392 g/mol. The molecule has 0 aliphatic carbocycles. The lowest BCUT2D eigenvalue weighted by atomic mass is 9.91. The third kappa shape index (κ3) is 4.76. The molecular formula is C23H27F3O2. The Labute approximate surface area is 164 Å². The van der Waals surface area contributed by atoms with Crippen LogP contribution in [0.2, 0.25) is 0 Å². The molecule has 0 N–H and O–H groups in total. The van der Waals surface area contributed by atoms with Crippen molar-refractivity contribution in [3.05, 3.63) is 58.9 Å². The number of rotatable bonds is 7. The van der Waals surface area contributed by atoms with Crippen molar-refractivity contribution in [2.24, 2.45) is 0 Å². The van der Waals surface area contributed by atoms with Crippen LogP contribution in [0.5, 0.6) is 0 Å². The molecule has 0 radical (unpaired) electrons. The molecule has 2 unspecified atom stereocenters. The number of benzene rings is 2. The van der Waals surface area contributed by atoms with Crippen LogP contribution in [0.3, 0.4) is 0 Å². The summed E-state index contributed by atoms with van der Waals surface area (Å²) < 4.78 is 54.2. The van der Waals surface area contributed by atoms with Crippen LogP contribution in [0, 0.1) is 24.4 Å². The molecule has 1 aliphatic rings. The second-order valence-corrected chi connectivity index (χ2v) is 7.41. The Hall–Kier alpha value is -1.85. The van der Waals surface area contributed by atoms with Gasteiger partial charge in [0.1, 0.15) is 5.82 Å². The number of unbranched alkanes of at least 4 members (excludes halogenated alkanes) is 2. The highest BCUT2D eigenvalue weighted by molar-refractivity contribution is 5.65. The molecule has 1 fully saturated rings. The summed E-state index contributed by atoms with van der Waals surface area (Å²) in [5.74, 6) is -2.33. The van der Waals surface area contributed by atoms with Gasteiger partial charge in [0, 0.05) is 18.1 Å². The van der Waals surface area contributed by atoms with Crippen molar-refractivity contribution < 1.29 is 22.6 Å². The zero-order valence-corrected chi connectivity index (χ0v) is 16.4. The van der Waals surface area contributed by atoms with Gasteiger partial charge in [-0.3, -0.25) is 0 Å². The molecule has 2 aromatic rings. The zero-order valence-electron chi connectivity index (χ0n) is 16.4. The molecule has 3 rings (SSSR count). The minimum atomic E-state index is -0.948. The number of hydrogen-bond acceptors (Lipinski definition) is 2. The van der Waals surface area contributed by atoms with Crippen molar-refractivity contribution in [1.29, 1.82) is 0 Å². The zero-order chi connectivity index (χ0) is 20.1. The molecule has 1 aliphatic heterocycles. The topological polar surface area (TPSA) is 18.5 Å². The second kappa shape index (κ2) is 9.57. The summed E-state index contributed by atoms with van der Waals surface area (Å²) in [7, 11) is 0. The van der Waals surface area contributed by atoms with E-state index < -0.39 is 17.5 Å². The first kappa shape index (κ1) is 20.9. The molecule has 0 aromatic heterocycles. The highest BCUT2D eigenvalue weighted by Crippen LogP contribution is 2.33. The van der Waals surface area contributed by atoms with Gasteiger partial charge in [-0.05, 0) is 48.9 Å². The third-order valence-electron chi connectivity index (χ3n) is 5.31.